The Hall–Kier alpha value is -1.41. The van der Waals surface area contributed by atoms with Crippen molar-refractivity contribution in [2.24, 2.45) is 11.8 Å². The molecule has 1 saturated heterocycles. The van der Waals surface area contributed by atoms with E-state index < -0.39 is 11.4 Å². The van der Waals surface area contributed by atoms with Gasteiger partial charge in [-0.25, -0.2) is 9.18 Å². The quantitative estimate of drug-likeness (QED) is 0.291. The van der Waals surface area contributed by atoms with Gasteiger partial charge in [-0.1, -0.05) is 55.8 Å². The van der Waals surface area contributed by atoms with Crippen molar-refractivity contribution >= 4 is 17.6 Å². The number of nitrogens with zero attached hydrogens (tertiary/aromatic N) is 1. The Bertz CT molecular complexity index is 854. The molecule has 0 radical (unpaired) electrons. The monoisotopic (exact) mass is 539 g/mol. The van der Waals surface area contributed by atoms with Gasteiger partial charge in [-0.2, -0.15) is 0 Å². The molecule has 1 aromatic carbocycles. The van der Waals surface area contributed by atoms with E-state index in [0.29, 0.717) is 38.5 Å². The number of benzene rings is 1. The molecule has 4 unspecified atom stereocenters. The SMILES string of the molecule is CNC(C)C(CC1CCCCC1)NC(=O)N1CCCC(C(O)(CCCCOC)c2cccc(Cl)c2F)C1. The molecule has 1 heterocycles. The first-order valence-electron chi connectivity index (χ1n) is 14.2. The molecule has 210 valence electrons. The zero-order valence-corrected chi connectivity index (χ0v) is 23.7. The van der Waals surface area contributed by atoms with E-state index >= 15 is 4.39 Å². The van der Waals surface area contributed by atoms with E-state index in [1.54, 1.807) is 19.2 Å². The van der Waals surface area contributed by atoms with E-state index in [2.05, 4.69) is 17.6 Å². The average Bonchev–Trinajstić information content (AvgIpc) is 2.92. The lowest BCUT2D eigenvalue weighted by Crippen LogP contribution is -2.56. The largest absolute Gasteiger partial charge is 0.385 e. The first-order valence-corrected chi connectivity index (χ1v) is 14.6. The molecule has 3 rings (SSSR count). The maximum atomic E-state index is 15.2. The molecule has 1 aliphatic carbocycles. The van der Waals surface area contributed by atoms with Crippen molar-refractivity contribution in [3.8, 4) is 0 Å². The molecule has 8 heteroatoms. The van der Waals surface area contributed by atoms with Gasteiger partial charge in [0, 0.05) is 50.4 Å². The molecule has 3 N–H and O–H groups in total. The van der Waals surface area contributed by atoms with Crippen LogP contribution >= 0.6 is 11.6 Å². The summed E-state index contributed by atoms with van der Waals surface area (Å²) in [5.74, 6) is -0.219. The number of hydrogen-bond donors (Lipinski definition) is 3. The van der Waals surface area contributed by atoms with Crippen LogP contribution < -0.4 is 10.6 Å². The van der Waals surface area contributed by atoms with Crippen LogP contribution in [0.15, 0.2) is 18.2 Å². The highest BCUT2D eigenvalue weighted by Gasteiger charge is 2.43. The molecule has 4 atom stereocenters. The molecule has 0 bridgehead atoms. The molecule has 37 heavy (non-hydrogen) atoms. The topological polar surface area (TPSA) is 73.8 Å². The lowest BCUT2D eigenvalue weighted by atomic mass is 9.74. The smallest absolute Gasteiger partial charge is 0.317 e. The Morgan fingerprint density at radius 2 is 2.00 bits per heavy atom. The predicted octanol–water partition coefficient (Wildman–Crippen LogP) is 5.85. The molecule has 0 spiro atoms. The number of amides is 2. The van der Waals surface area contributed by atoms with E-state index in [4.69, 9.17) is 16.3 Å². The maximum Gasteiger partial charge on any atom is 0.317 e. The van der Waals surface area contributed by atoms with Crippen LogP contribution in [0.25, 0.3) is 0 Å². The number of likely N-dealkylation sites (N-methyl/N-ethyl adjacent to an activating group) is 1. The van der Waals surface area contributed by atoms with E-state index in [0.717, 1.165) is 25.7 Å². The van der Waals surface area contributed by atoms with Gasteiger partial charge in [0.2, 0.25) is 0 Å². The third kappa shape index (κ3) is 8.04. The summed E-state index contributed by atoms with van der Waals surface area (Å²) in [5.41, 5.74) is -1.19. The van der Waals surface area contributed by atoms with Gasteiger partial charge in [0.1, 0.15) is 5.82 Å². The number of methoxy groups -OCH3 is 1. The first-order chi connectivity index (χ1) is 17.8. The number of ether oxygens (including phenoxy) is 1. The molecule has 2 amide bonds. The number of unbranched alkanes of at least 4 members (excludes halogenated alkanes) is 1. The average molecular weight is 540 g/mol. The third-order valence-corrected chi connectivity index (χ3v) is 8.93. The van der Waals surface area contributed by atoms with E-state index in [1.807, 2.05) is 11.9 Å². The number of carbonyl (C=O) groups is 1. The molecule has 6 nitrogen and oxygen atoms in total. The lowest BCUT2D eigenvalue weighted by molar-refractivity contribution is -0.0588. The molecule has 0 aromatic heterocycles. The van der Waals surface area contributed by atoms with Crippen LogP contribution in [0.5, 0.6) is 0 Å². The van der Waals surface area contributed by atoms with Crippen LogP contribution in [-0.2, 0) is 10.3 Å². The highest BCUT2D eigenvalue weighted by Crippen LogP contribution is 2.42. The normalized spacial score (nSPS) is 22.3. The van der Waals surface area contributed by atoms with Gasteiger partial charge in [0.25, 0.3) is 0 Å². The van der Waals surface area contributed by atoms with Crippen LogP contribution in [0.2, 0.25) is 5.02 Å². The molecular formula is C29H47ClFN3O3. The minimum Gasteiger partial charge on any atom is -0.385 e. The Kier molecular flexibility index (Phi) is 11.9. The van der Waals surface area contributed by atoms with Crippen molar-refractivity contribution in [3.63, 3.8) is 0 Å². The number of hydrogen-bond acceptors (Lipinski definition) is 4. The maximum absolute atomic E-state index is 15.2. The summed E-state index contributed by atoms with van der Waals surface area (Å²) in [7, 11) is 3.59. The molecular weight excluding hydrogens is 493 g/mol. The summed E-state index contributed by atoms with van der Waals surface area (Å²) in [6, 6.07) is 4.92. The Balaban J connectivity index is 1.74. The zero-order chi connectivity index (χ0) is 26.8. The number of piperidine rings is 1. The summed E-state index contributed by atoms with van der Waals surface area (Å²) < 4.78 is 20.4. The molecule has 1 aromatic rings. The molecule has 2 aliphatic rings. The number of aliphatic hydroxyl groups is 1. The van der Waals surface area contributed by atoms with E-state index in [1.165, 1.54) is 38.2 Å². The fourth-order valence-corrected chi connectivity index (χ4v) is 6.38. The van der Waals surface area contributed by atoms with Crippen molar-refractivity contribution in [3.05, 3.63) is 34.6 Å². The number of halogens is 2. The Morgan fingerprint density at radius 3 is 2.70 bits per heavy atom. The lowest BCUT2D eigenvalue weighted by Gasteiger charge is -2.43. The van der Waals surface area contributed by atoms with Crippen molar-refractivity contribution < 1.29 is 19.0 Å². The second-order valence-electron chi connectivity index (χ2n) is 11.1. The highest BCUT2D eigenvalue weighted by molar-refractivity contribution is 6.30. The van der Waals surface area contributed by atoms with E-state index in [9.17, 15) is 9.90 Å². The van der Waals surface area contributed by atoms with Crippen LogP contribution in [0.3, 0.4) is 0 Å². The molecule has 1 saturated carbocycles. The van der Waals surface area contributed by atoms with Crippen molar-refractivity contribution in [1.82, 2.24) is 15.5 Å². The van der Waals surface area contributed by atoms with Crippen molar-refractivity contribution in [2.45, 2.75) is 95.2 Å². The summed E-state index contributed by atoms with van der Waals surface area (Å²) in [4.78, 5) is 15.3. The van der Waals surface area contributed by atoms with Gasteiger partial charge >= 0.3 is 6.03 Å². The van der Waals surface area contributed by atoms with Gasteiger partial charge in [0.05, 0.1) is 10.6 Å². The molecule has 2 fully saturated rings. The minimum absolute atomic E-state index is 0.00447. The van der Waals surface area contributed by atoms with E-state index in [-0.39, 0.29) is 34.6 Å². The Labute approximate surface area is 227 Å². The van der Waals surface area contributed by atoms with Gasteiger partial charge in [-0.15, -0.1) is 0 Å². The summed E-state index contributed by atoms with van der Waals surface area (Å²) in [5, 5.41) is 18.7. The number of carbonyl (C=O) groups excluding carboxylic acids is 1. The van der Waals surface area contributed by atoms with Gasteiger partial charge in [-0.3, -0.25) is 0 Å². The highest BCUT2D eigenvalue weighted by atomic mass is 35.5. The zero-order valence-electron chi connectivity index (χ0n) is 22.9. The minimum atomic E-state index is -1.42. The fourth-order valence-electron chi connectivity index (χ4n) is 6.21. The third-order valence-electron chi connectivity index (χ3n) is 8.64. The summed E-state index contributed by atoms with van der Waals surface area (Å²) in [6.45, 7) is 3.71. The van der Waals surface area contributed by atoms with Crippen LogP contribution in [-0.4, -0.2) is 62.0 Å². The van der Waals surface area contributed by atoms with Gasteiger partial charge in [0.15, 0.2) is 0 Å². The van der Waals surface area contributed by atoms with Gasteiger partial charge < -0.3 is 25.4 Å². The van der Waals surface area contributed by atoms with Crippen molar-refractivity contribution in [2.75, 3.05) is 33.9 Å². The number of nitrogens with one attached hydrogen (secondary N) is 2. The Morgan fingerprint density at radius 1 is 1.24 bits per heavy atom. The van der Waals surface area contributed by atoms with Crippen LogP contribution in [0, 0.1) is 17.7 Å². The number of likely N-dealkylation sites (tertiary alicyclic amines) is 1. The summed E-state index contributed by atoms with van der Waals surface area (Å²) >= 11 is 6.12. The standard InChI is InChI=1S/C29H47ClFN3O3/c1-21(32-2)26(19-22-11-5-4-6-12-22)33-28(35)34-17-10-13-23(20-34)29(36,16-7-8-18-37-3)24-14-9-15-25(30)27(24)31/h9,14-15,21-23,26,32,36H,4-8,10-13,16-20H2,1-3H3,(H,33,35). The second kappa shape index (κ2) is 14.7. The fraction of sp³-hybridized carbons (Fsp3) is 0.759. The van der Waals surface area contributed by atoms with Crippen LogP contribution in [0.1, 0.15) is 83.1 Å². The number of urea groups is 1. The summed E-state index contributed by atoms with van der Waals surface area (Å²) in [6.07, 6.45) is 10.6. The second-order valence-corrected chi connectivity index (χ2v) is 11.5. The van der Waals surface area contributed by atoms with Crippen LogP contribution in [0.4, 0.5) is 9.18 Å². The molecule has 1 aliphatic heterocycles. The first kappa shape index (κ1) is 30.1. The van der Waals surface area contributed by atoms with Crippen molar-refractivity contribution in [1.29, 1.82) is 0 Å². The number of rotatable bonds is 12. The predicted molar refractivity (Wildman–Crippen MR) is 147 cm³/mol. The van der Waals surface area contributed by atoms with Gasteiger partial charge in [-0.05, 0) is 64.5 Å².